The van der Waals surface area contributed by atoms with Crippen molar-refractivity contribution in [3.63, 3.8) is 0 Å². The van der Waals surface area contributed by atoms with E-state index in [2.05, 4.69) is 4.98 Å². The number of carbonyl (C=O) groups is 2. The highest BCUT2D eigenvalue weighted by Crippen LogP contribution is 2.42. The minimum atomic E-state index is -0.807. The molecule has 0 bridgehead atoms. The zero-order valence-electron chi connectivity index (χ0n) is 16.6. The van der Waals surface area contributed by atoms with Crippen molar-refractivity contribution < 1.29 is 19.1 Å². The summed E-state index contributed by atoms with van der Waals surface area (Å²) in [4.78, 5) is 32.1. The van der Waals surface area contributed by atoms with Crippen LogP contribution < -0.4 is 4.90 Å². The third-order valence-corrected chi connectivity index (χ3v) is 5.44. The van der Waals surface area contributed by atoms with Gasteiger partial charge >= 0.3 is 0 Å². The number of carbonyl (C=O) groups excluding carboxylic acids is 2. The van der Waals surface area contributed by atoms with Crippen LogP contribution in [0.3, 0.4) is 0 Å². The number of ketones is 1. The molecule has 4 aromatic rings. The Kier molecular flexibility index (Phi) is 4.40. The maximum atomic E-state index is 13.5. The number of aliphatic hydroxyl groups is 1. The van der Waals surface area contributed by atoms with Crippen molar-refractivity contribution >= 4 is 28.3 Å². The molecule has 1 atom stereocenters. The Labute approximate surface area is 178 Å². The number of Topliss-reactive ketones (excluding diaryl/α,β-unsaturated/α-hetero) is 1. The fourth-order valence-electron chi connectivity index (χ4n) is 3.90. The summed E-state index contributed by atoms with van der Waals surface area (Å²) in [5.41, 5.74) is 2.82. The molecule has 0 saturated heterocycles. The lowest BCUT2D eigenvalue weighted by Gasteiger charge is -2.26. The monoisotopic (exact) mass is 410 g/mol. The van der Waals surface area contributed by atoms with E-state index in [1.165, 1.54) is 4.90 Å². The lowest BCUT2D eigenvalue weighted by molar-refractivity contribution is -0.117. The van der Waals surface area contributed by atoms with Crippen molar-refractivity contribution in [3.8, 4) is 0 Å². The van der Waals surface area contributed by atoms with Gasteiger partial charge in [0, 0.05) is 23.5 Å². The number of para-hydroxylation sites is 1. The van der Waals surface area contributed by atoms with E-state index in [-0.39, 0.29) is 11.3 Å². The molecule has 0 saturated carbocycles. The van der Waals surface area contributed by atoms with Crippen LogP contribution in [0.25, 0.3) is 11.0 Å². The van der Waals surface area contributed by atoms with Gasteiger partial charge in [-0.3, -0.25) is 19.5 Å². The number of hydrogen-bond acceptors (Lipinski definition) is 5. The number of fused-ring (bicyclic) bond motifs is 1. The zero-order chi connectivity index (χ0) is 21.5. The van der Waals surface area contributed by atoms with E-state index in [9.17, 15) is 14.7 Å². The maximum Gasteiger partial charge on any atom is 0.294 e. The smallest absolute Gasteiger partial charge is 0.294 e. The van der Waals surface area contributed by atoms with Gasteiger partial charge in [-0.1, -0.05) is 35.9 Å². The van der Waals surface area contributed by atoms with Crippen molar-refractivity contribution in [1.29, 1.82) is 0 Å². The Morgan fingerprint density at radius 2 is 1.74 bits per heavy atom. The quantitative estimate of drug-likeness (QED) is 0.483. The van der Waals surface area contributed by atoms with Crippen molar-refractivity contribution in [2.24, 2.45) is 0 Å². The Morgan fingerprint density at radius 1 is 1.03 bits per heavy atom. The van der Waals surface area contributed by atoms with Gasteiger partial charge in [-0.15, -0.1) is 0 Å². The van der Waals surface area contributed by atoms with Crippen LogP contribution in [-0.4, -0.2) is 21.8 Å². The van der Waals surface area contributed by atoms with E-state index < -0.39 is 23.5 Å². The fourth-order valence-corrected chi connectivity index (χ4v) is 3.90. The SMILES string of the molecule is Cc1ccc(N2C(=O)C(O)=C(C(=O)c3cc4ccccc4o3)C2c2ccncc2)cc1. The Balaban J connectivity index is 1.65. The molecule has 0 fully saturated rings. The number of hydrogen-bond donors (Lipinski definition) is 1. The van der Waals surface area contributed by atoms with E-state index in [1.807, 2.05) is 37.3 Å². The molecule has 0 radical (unpaired) electrons. The molecular weight excluding hydrogens is 392 g/mol. The minimum Gasteiger partial charge on any atom is -0.503 e. The van der Waals surface area contributed by atoms with Gasteiger partial charge in [-0.2, -0.15) is 0 Å². The highest BCUT2D eigenvalue weighted by molar-refractivity contribution is 6.20. The van der Waals surface area contributed by atoms with Crippen LogP contribution in [0.1, 0.15) is 27.7 Å². The second-order valence-corrected chi connectivity index (χ2v) is 7.43. The van der Waals surface area contributed by atoms with Crippen LogP contribution in [0.5, 0.6) is 0 Å². The summed E-state index contributed by atoms with van der Waals surface area (Å²) in [6.07, 6.45) is 3.18. The number of nitrogens with zero attached hydrogens (tertiary/aromatic N) is 2. The first-order valence-corrected chi connectivity index (χ1v) is 9.81. The lowest BCUT2D eigenvalue weighted by atomic mass is 9.95. The van der Waals surface area contributed by atoms with Gasteiger partial charge in [-0.25, -0.2) is 0 Å². The number of aliphatic hydroxyl groups excluding tert-OH is 1. The highest BCUT2D eigenvalue weighted by Gasteiger charge is 2.45. The largest absolute Gasteiger partial charge is 0.503 e. The minimum absolute atomic E-state index is 0.0177. The molecular formula is C25H18N2O4. The van der Waals surface area contributed by atoms with Crippen LogP contribution >= 0.6 is 0 Å². The number of aryl methyl sites for hydroxylation is 1. The van der Waals surface area contributed by atoms with Gasteiger partial charge in [0.1, 0.15) is 5.58 Å². The number of benzene rings is 2. The van der Waals surface area contributed by atoms with Crippen LogP contribution in [-0.2, 0) is 4.79 Å². The summed E-state index contributed by atoms with van der Waals surface area (Å²) in [5, 5.41) is 11.6. The molecule has 3 heterocycles. The predicted molar refractivity (Wildman–Crippen MR) is 116 cm³/mol. The van der Waals surface area contributed by atoms with E-state index >= 15 is 0 Å². The average molecular weight is 410 g/mol. The maximum absolute atomic E-state index is 13.5. The molecule has 31 heavy (non-hydrogen) atoms. The average Bonchev–Trinajstić information content (AvgIpc) is 3.34. The molecule has 152 valence electrons. The van der Waals surface area contributed by atoms with Crippen LogP contribution in [0.2, 0.25) is 0 Å². The second kappa shape index (κ2) is 7.25. The Hall–Kier alpha value is -4.19. The van der Waals surface area contributed by atoms with Gasteiger partial charge < -0.3 is 9.52 Å². The summed E-state index contributed by atoms with van der Waals surface area (Å²) in [6.45, 7) is 1.95. The molecule has 2 aromatic carbocycles. The molecule has 1 amide bonds. The van der Waals surface area contributed by atoms with Crippen LogP contribution in [0, 0.1) is 6.92 Å². The number of rotatable bonds is 4. The van der Waals surface area contributed by atoms with E-state index in [0.29, 0.717) is 16.8 Å². The number of furan rings is 1. The first-order valence-electron chi connectivity index (χ1n) is 9.81. The molecule has 1 aliphatic heterocycles. The lowest BCUT2D eigenvalue weighted by Crippen LogP contribution is -2.31. The summed E-state index contributed by atoms with van der Waals surface area (Å²) in [5.74, 6) is -1.67. The van der Waals surface area contributed by atoms with E-state index in [0.717, 1.165) is 10.9 Å². The normalized spacial score (nSPS) is 16.4. The van der Waals surface area contributed by atoms with Crippen LogP contribution in [0.4, 0.5) is 5.69 Å². The van der Waals surface area contributed by atoms with Gasteiger partial charge in [0.05, 0.1) is 11.6 Å². The zero-order valence-corrected chi connectivity index (χ0v) is 16.6. The summed E-state index contributed by atoms with van der Waals surface area (Å²) >= 11 is 0. The van der Waals surface area contributed by atoms with Crippen molar-refractivity contribution in [1.82, 2.24) is 4.98 Å². The highest BCUT2D eigenvalue weighted by atomic mass is 16.3. The summed E-state index contributed by atoms with van der Waals surface area (Å²) in [6, 6.07) is 18.9. The van der Waals surface area contributed by atoms with E-state index in [4.69, 9.17) is 4.42 Å². The Morgan fingerprint density at radius 3 is 2.45 bits per heavy atom. The molecule has 6 heteroatoms. The molecule has 2 aromatic heterocycles. The first-order chi connectivity index (χ1) is 15.0. The first kappa shape index (κ1) is 18.8. The molecule has 0 aliphatic carbocycles. The topological polar surface area (TPSA) is 83.6 Å². The predicted octanol–water partition coefficient (Wildman–Crippen LogP) is 4.92. The summed E-state index contributed by atoms with van der Waals surface area (Å²) < 4.78 is 5.73. The molecule has 0 spiro atoms. The standard InChI is InChI=1S/C25H18N2O4/c1-15-6-8-18(9-7-15)27-22(16-10-12-26-13-11-16)21(24(29)25(27)30)23(28)20-14-17-4-2-3-5-19(17)31-20/h2-14,22,29H,1H3. The van der Waals surface area contributed by atoms with Crippen molar-refractivity contribution in [2.75, 3.05) is 4.90 Å². The van der Waals surface area contributed by atoms with Gasteiger partial charge in [0.15, 0.2) is 11.5 Å². The molecule has 1 aliphatic rings. The third kappa shape index (κ3) is 3.09. The second-order valence-electron chi connectivity index (χ2n) is 7.43. The number of amides is 1. The molecule has 1 unspecified atom stereocenters. The van der Waals surface area contributed by atoms with Crippen molar-refractivity contribution in [2.45, 2.75) is 13.0 Å². The number of aromatic nitrogens is 1. The van der Waals surface area contributed by atoms with Crippen molar-refractivity contribution in [3.05, 3.63) is 107 Å². The fraction of sp³-hybridized carbons (Fsp3) is 0.0800. The molecule has 1 N–H and O–H groups in total. The van der Waals surface area contributed by atoms with E-state index in [1.54, 1.807) is 48.8 Å². The summed E-state index contributed by atoms with van der Waals surface area (Å²) in [7, 11) is 0. The van der Waals surface area contributed by atoms with Crippen LogP contribution in [0.15, 0.2) is 94.9 Å². The van der Waals surface area contributed by atoms with Gasteiger partial charge in [0.2, 0.25) is 5.78 Å². The molecule has 5 rings (SSSR count). The van der Waals surface area contributed by atoms with Gasteiger partial charge in [-0.05, 0) is 48.9 Å². The Bertz CT molecular complexity index is 1300. The van der Waals surface area contributed by atoms with Gasteiger partial charge in [0.25, 0.3) is 5.91 Å². The number of pyridine rings is 1. The number of anilines is 1. The third-order valence-electron chi connectivity index (χ3n) is 5.44. The molecule has 6 nitrogen and oxygen atoms in total.